The third-order valence-corrected chi connectivity index (χ3v) is 7.03. The molecule has 37 heavy (non-hydrogen) atoms. The Morgan fingerprint density at radius 3 is 2.30 bits per heavy atom. The number of esters is 1. The third-order valence-electron chi connectivity index (χ3n) is 7.03. The lowest BCUT2D eigenvalue weighted by Crippen LogP contribution is -2.33. The fourth-order valence-corrected chi connectivity index (χ4v) is 5.19. The first kappa shape index (κ1) is 24.7. The van der Waals surface area contributed by atoms with E-state index in [9.17, 15) is 24.6 Å². The van der Waals surface area contributed by atoms with Gasteiger partial charge in [-0.2, -0.15) is 0 Å². The Morgan fingerprint density at radius 2 is 1.65 bits per heavy atom. The number of carbonyl (C=O) groups excluding carboxylic acids is 2. The lowest BCUT2D eigenvalue weighted by atomic mass is 9.97. The van der Waals surface area contributed by atoms with Gasteiger partial charge in [-0.25, -0.2) is 9.59 Å². The summed E-state index contributed by atoms with van der Waals surface area (Å²) in [5.41, 5.74) is 4.73. The molecule has 2 aliphatic rings. The van der Waals surface area contributed by atoms with Gasteiger partial charge in [-0.3, -0.25) is 4.79 Å². The Labute approximate surface area is 212 Å². The second-order valence-electron chi connectivity index (χ2n) is 9.34. The van der Waals surface area contributed by atoms with Crippen molar-refractivity contribution in [2.75, 3.05) is 6.54 Å². The van der Waals surface area contributed by atoms with Crippen molar-refractivity contribution in [1.82, 2.24) is 10.0 Å². The highest BCUT2D eigenvalue weighted by Gasteiger charge is 2.26. The molecule has 3 aromatic rings. The molecule has 2 aromatic carbocycles. The molecule has 1 aliphatic heterocycles. The predicted octanol–water partition coefficient (Wildman–Crippen LogP) is 2.05. The number of rotatable bonds is 6. The maximum absolute atomic E-state index is 12.8. The summed E-state index contributed by atoms with van der Waals surface area (Å²) in [4.78, 5) is 41.9. The Hall–Kier alpha value is -3.95. The molecular formula is C28H28N2O7. The number of nitrogens with zero attached hydrogens (tertiary/aromatic N) is 1. The number of fused-ring (bicyclic) bond motifs is 5. The standard InChI is InChI=1S/C28H28N2O7/c1-3-15-9-17-11-19(12-18(17)10-16(15)4-2)29-14-23(32)20-5-6-22(31)27-21(20)13-24-28(35)30(27)37-26(34)8-7-25(33)36-24/h5-10,13,19,23,29,31-32H,3-4,11-12,14H2,1-2H3/b8-7-/t23-/m0/s1. The van der Waals surface area contributed by atoms with Crippen molar-refractivity contribution in [3.8, 4) is 11.5 Å². The number of phenolic OH excluding ortho intramolecular Hbond substituents is 1. The molecular weight excluding hydrogens is 476 g/mol. The van der Waals surface area contributed by atoms with E-state index >= 15 is 0 Å². The molecule has 2 bridgehead atoms. The van der Waals surface area contributed by atoms with Crippen molar-refractivity contribution >= 4 is 22.8 Å². The van der Waals surface area contributed by atoms with Crippen LogP contribution in [-0.2, 0) is 35.3 Å². The van der Waals surface area contributed by atoms with Gasteiger partial charge in [0.25, 0.3) is 0 Å². The Morgan fingerprint density at radius 1 is 1.00 bits per heavy atom. The van der Waals surface area contributed by atoms with Gasteiger partial charge in [-0.15, -0.1) is 4.73 Å². The number of pyridine rings is 1. The zero-order chi connectivity index (χ0) is 26.3. The van der Waals surface area contributed by atoms with Gasteiger partial charge in [-0.1, -0.05) is 32.0 Å². The number of hydrogen-bond acceptors (Lipinski definition) is 8. The summed E-state index contributed by atoms with van der Waals surface area (Å²) in [6.45, 7) is 4.53. The molecule has 5 rings (SSSR count). The lowest BCUT2D eigenvalue weighted by Gasteiger charge is -2.19. The number of aromatic hydroxyl groups is 1. The molecule has 0 saturated carbocycles. The van der Waals surface area contributed by atoms with Crippen LogP contribution in [0.1, 0.15) is 47.8 Å². The number of aromatic nitrogens is 1. The largest absolute Gasteiger partial charge is 0.506 e. The number of carbonyl (C=O) groups is 2. The highest BCUT2D eigenvalue weighted by atomic mass is 16.7. The topological polar surface area (TPSA) is 127 Å². The number of nitrogens with one attached hydrogen (secondary N) is 1. The van der Waals surface area contributed by atoms with Gasteiger partial charge in [0.15, 0.2) is 5.75 Å². The van der Waals surface area contributed by atoms with E-state index in [0.717, 1.165) is 37.8 Å². The van der Waals surface area contributed by atoms with Gasteiger partial charge in [0.1, 0.15) is 11.3 Å². The van der Waals surface area contributed by atoms with Gasteiger partial charge in [-0.05, 0) is 65.6 Å². The molecule has 9 heteroatoms. The van der Waals surface area contributed by atoms with Crippen LogP contribution in [0.25, 0.3) is 10.9 Å². The van der Waals surface area contributed by atoms with Crippen molar-refractivity contribution in [2.24, 2.45) is 0 Å². The van der Waals surface area contributed by atoms with E-state index in [4.69, 9.17) is 9.57 Å². The molecule has 0 amide bonds. The number of ether oxygens (including phenoxy) is 1. The summed E-state index contributed by atoms with van der Waals surface area (Å²) in [6.07, 6.45) is 4.34. The van der Waals surface area contributed by atoms with Crippen LogP contribution in [-0.4, -0.2) is 39.5 Å². The summed E-state index contributed by atoms with van der Waals surface area (Å²) in [5, 5.41) is 25.3. The number of aliphatic hydroxyl groups is 1. The van der Waals surface area contributed by atoms with Gasteiger partial charge in [0, 0.05) is 30.1 Å². The fourth-order valence-electron chi connectivity index (χ4n) is 5.19. The highest BCUT2D eigenvalue weighted by Crippen LogP contribution is 2.33. The number of aryl methyl sites for hydroxylation is 2. The van der Waals surface area contributed by atoms with E-state index in [-0.39, 0.29) is 29.2 Å². The number of hydrogen-bond donors (Lipinski definition) is 3. The smallest absolute Gasteiger partial charge is 0.356 e. The van der Waals surface area contributed by atoms with Crippen LogP contribution in [0, 0.1) is 0 Å². The molecule has 0 unspecified atom stereocenters. The van der Waals surface area contributed by atoms with Crippen molar-refractivity contribution in [1.29, 1.82) is 0 Å². The average Bonchev–Trinajstić information content (AvgIpc) is 3.29. The minimum Gasteiger partial charge on any atom is -0.506 e. The van der Waals surface area contributed by atoms with Crippen LogP contribution in [0.3, 0.4) is 0 Å². The van der Waals surface area contributed by atoms with Crippen molar-refractivity contribution in [3.05, 3.63) is 80.7 Å². The number of phenols is 1. The van der Waals surface area contributed by atoms with E-state index in [0.29, 0.717) is 10.3 Å². The first-order chi connectivity index (χ1) is 17.8. The molecule has 192 valence electrons. The van der Waals surface area contributed by atoms with E-state index in [2.05, 4.69) is 31.3 Å². The highest BCUT2D eigenvalue weighted by molar-refractivity contribution is 5.95. The minimum atomic E-state index is -1.03. The molecule has 3 N–H and O–H groups in total. The normalized spacial score (nSPS) is 16.9. The first-order valence-corrected chi connectivity index (χ1v) is 12.4. The van der Waals surface area contributed by atoms with E-state index in [1.165, 1.54) is 40.5 Å². The maximum atomic E-state index is 12.8. The van der Waals surface area contributed by atoms with Crippen LogP contribution in [0.5, 0.6) is 11.5 Å². The van der Waals surface area contributed by atoms with Crippen LogP contribution < -0.4 is 20.5 Å². The van der Waals surface area contributed by atoms with Crippen LogP contribution in [0.2, 0.25) is 0 Å². The van der Waals surface area contributed by atoms with Gasteiger partial charge < -0.3 is 25.1 Å². The Kier molecular flexibility index (Phi) is 6.57. The summed E-state index contributed by atoms with van der Waals surface area (Å²) in [7, 11) is 0. The summed E-state index contributed by atoms with van der Waals surface area (Å²) in [6, 6.07) is 8.85. The first-order valence-electron chi connectivity index (χ1n) is 12.4. The second kappa shape index (κ2) is 9.84. The molecule has 1 aliphatic carbocycles. The Bertz CT molecular complexity index is 1470. The van der Waals surface area contributed by atoms with Crippen molar-refractivity contribution < 1.29 is 29.4 Å². The zero-order valence-electron chi connectivity index (χ0n) is 20.6. The van der Waals surface area contributed by atoms with E-state index in [1.807, 2.05) is 0 Å². The third kappa shape index (κ3) is 4.63. The molecule has 0 spiro atoms. The molecule has 1 atom stereocenters. The number of aliphatic hydroxyl groups excluding tert-OH is 1. The summed E-state index contributed by atoms with van der Waals surface area (Å²) < 4.78 is 5.66. The van der Waals surface area contributed by atoms with Crippen LogP contribution in [0.4, 0.5) is 0 Å². The van der Waals surface area contributed by atoms with Gasteiger partial charge >= 0.3 is 17.5 Å². The summed E-state index contributed by atoms with van der Waals surface area (Å²) in [5.74, 6) is -2.66. The van der Waals surface area contributed by atoms with Crippen LogP contribution >= 0.6 is 0 Å². The number of benzene rings is 2. The maximum Gasteiger partial charge on any atom is 0.356 e. The monoisotopic (exact) mass is 504 g/mol. The Balaban J connectivity index is 1.43. The fraction of sp³-hybridized carbons (Fsp3) is 0.321. The molecule has 0 fully saturated rings. The van der Waals surface area contributed by atoms with Gasteiger partial charge in [0.2, 0.25) is 0 Å². The zero-order valence-corrected chi connectivity index (χ0v) is 20.6. The lowest BCUT2D eigenvalue weighted by molar-refractivity contribution is -0.138. The molecule has 0 saturated heterocycles. The molecule has 2 heterocycles. The SMILES string of the molecule is CCc1cc2c(cc1CC)CC(NC[C@H](O)c1ccc(O)c3c1cc1c(=O)n3OC(=O)/C=C\C(=O)O1)C2. The van der Waals surface area contributed by atoms with Crippen molar-refractivity contribution in [2.45, 2.75) is 51.7 Å². The van der Waals surface area contributed by atoms with Gasteiger partial charge in [0.05, 0.1) is 6.10 Å². The second-order valence-corrected chi connectivity index (χ2v) is 9.34. The predicted molar refractivity (Wildman–Crippen MR) is 136 cm³/mol. The van der Waals surface area contributed by atoms with Crippen molar-refractivity contribution in [3.63, 3.8) is 0 Å². The summed E-state index contributed by atoms with van der Waals surface area (Å²) >= 11 is 0. The molecule has 1 aromatic heterocycles. The molecule has 9 nitrogen and oxygen atoms in total. The average molecular weight is 505 g/mol. The quantitative estimate of drug-likeness (QED) is 0.436. The minimum absolute atomic E-state index is 0.113. The van der Waals surface area contributed by atoms with E-state index < -0.39 is 29.4 Å². The molecule has 0 radical (unpaired) electrons. The van der Waals surface area contributed by atoms with Crippen LogP contribution in [0.15, 0.2) is 47.3 Å². The van der Waals surface area contributed by atoms with E-state index in [1.54, 1.807) is 0 Å².